The summed E-state index contributed by atoms with van der Waals surface area (Å²) >= 11 is 0. The summed E-state index contributed by atoms with van der Waals surface area (Å²) in [6.07, 6.45) is 5.11. The number of aromatic amines is 1. The van der Waals surface area contributed by atoms with E-state index < -0.39 is 0 Å². The van der Waals surface area contributed by atoms with Crippen LogP contribution in [0.3, 0.4) is 0 Å². The summed E-state index contributed by atoms with van der Waals surface area (Å²) < 4.78 is 5.73. The molecule has 1 fully saturated rings. The molecule has 1 aliphatic heterocycles. The predicted octanol–water partition coefficient (Wildman–Crippen LogP) is 3.05. The Hall–Kier alpha value is -2.99. The highest BCUT2D eigenvalue weighted by Gasteiger charge is 2.24. The van der Waals surface area contributed by atoms with E-state index in [1.165, 1.54) is 0 Å². The molecule has 1 aromatic carbocycles. The molecule has 0 saturated carbocycles. The van der Waals surface area contributed by atoms with E-state index in [2.05, 4.69) is 9.97 Å². The number of pyridine rings is 2. The molecule has 1 aliphatic rings. The standard InChI is InChI=1S/C22H23N3O3/c1-15-6-7-20-17(10-15)11-18(21(26)24-20)13-25(14-19-5-3-9-28-19)22(27)16-4-2-8-23-12-16/h2,4,6-8,10-12,19H,3,5,9,13-14H2,1H3,(H,24,26)/t19-/m1/s1. The van der Waals surface area contributed by atoms with Crippen molar-refractivity contribution < 1.29 is 9.53 Å². The molecule has 3 aromatic rings. The minimum Gasteiger partial charge on any atom is -0.376 e. The fourth-order valence-electron chi connectivity index (χ4n) is 3.62. The first-order valence-corrected chi connectivity index (χ1v) is 9.53. The Morgan fingerprint density at radius 3 is 2.96 bits per heavy atom. The molecule has 1 amide bonds. The molecule has 2 aromatic heterocycles. The summed E-state index contributed by atoms with van der Waals surface area (Å²) in [6, 6.07) is 11.3. The number of hydrogen-bond donors (Lipinski definition) is 1. The zero-order valence-corrected chi connectivity index (χ0v) is 15.9. The number of ether oxygens (including phenoxy) is 1. The first-order chi connectivity index (χ1) is 13.6. The van der Waals surface area contributed by atoms with Gasteiger partial charge in [0, 0.05) is 36.6 Å². The van der Waals surface area contributed by atoms with Gasteiger partial charge in [-0.05, 0) is 55.5 Å². The third-order valence-electron chi connectivity index (χ3n) is 5.08. The molecule has 0 unspecified atom stereocenters. The minimum atomic E-state index is -0.173. The molecule has 0 spiro atoms. The lowest BCUT2D eigenvalue weighted by Gasteiger charge is -2.25. The second-order valence-corrected chi connectivity index (χ2v) is 7.28. The number of carbonyl (C=O) groups is 1. The number of nitrogens with one attached hydrogen (secondary N) is 1. The number of H-pyrrole nitrogens is 1. The van der Waals surface area contributed by atoms with Crippen molar-refractivity contribution in [2.24, 2.45) is 0 Å². The van der Waals surface area contributed by atoms with Gasteiger partial charge in [0.25, 0.3) is 11.5 Å². The highest BCUT2D eigenvalue weighted by atomic mass is 16.5. The summed E-state index contributed by atoms with van der Waals surface area (Å²) in [7, 11) is 0. The molecule has 1 atom stereocenters. The van der Waals surface area contributed by atoms with Crippen LogP contribution in [0.4, 0.5) is 0 Å². The van der Waals surface area contributed by atoms with Gasteiger partial charge in [-0.15, -0.1) is 0 Å². The second kappa shape index (κ2) is 7.94. The zero-order chi connectivity index (χ0) is 19.5. The van der Waals surface area contributed by atoms with Crippen LogP contribution >= 0.6 is 0 Å². The molecule has 0 bridgehead atoms. The molecule has 0 aliphatic carbocycles. The monoisotopic (exact) mass is 377 g/mol. The number of benzene rings is 1. The maximum absolute atomic E-state index is 13.1. The van der Waals surface area contributed by atoms with Crippen molar-refractivity contribution in [3.8, 4) is 0 Å². The van der Waals surface area contributed by atoms with E-state index in [1.807, 2.05) is 31.2 Å². The second-order valence-electron chi connectivity index (χ2n) is 7.28. The number of aromatic nitrogens is 2. The summed E-state index contributed by atoms with van der Waals surface area (Å²) in [5.74, 6) is -0.146. The number of nitrogens with zero attached hydrogens (tertiary/aromatic N) is 2. The Bertz CT molecular complexity index is 1040. The lowest BCUT2D eigenvalue weighted by Crippen LogP contribution is -2.38. The first kappa shape index (κ1) is 18.4. The fourth-order valence-corrected chi connectivity index (χ4v) is 3.62. The van der Waals surface area contributed by atoms with Gasteiger partial charge in [0.05, 0.1) is 18.2 Å². The molecule has 4 rings (SSSR count). The Kier molecular flexibility index (Phi) is 5.21. The number of carbonyl (C=O) groups excluding carboxylic acids is 1. The van der Waals surface area contributed by atoms with Gasteiger partial charge in [-0.2, -0.15) is 0 Å². The average Bonchev–Trinajstić information content (AvgIpc) is 3.21. The molecule has 0 radical (unpaired) electrons. The van der Waals surface area contributed by atoms with E-state index in [-0.39, 0.29) is 24.1 Å². The summed E-state index contributed by atoms with van der Waals surface area (Å²) in [4.78, 5) is 34.4. The smallest absolute Gasteiger partial charge is 0.255 e. The molecule has 1 N–H and O–H groups in total. The van der Waals surface area contributed by atoms with Crippen LogP contribution in [0.5, 0.6) is 0 Å². The molecule has 6 nitrogen and oxygen atoms in total. The van der Waals surface area contributed by atoms with Crippen LogP contribution in [-0.4, -0.2) is 40.0 Å². The predicted molar refractivity (Wildman–Crippen MR) is 107 cm³/mol. The summed E-state index contributed by atoms with van der Waals surface area (Å²) in [5, 5.41) is 0.959. The van der Waals surface area contributed by atoms with Gasteiger partial charge in [-0.1, -0.05) is 11.6 Å². The fraction of sp³-hybridized carbons (Fsp3) is 0.318. The lowest BCUT2D eigenvalue weighted by molar-refractivity contribution is 0.0506. The number of rotatable bonds is 5. The largest absolute Gasteiger partial charge is 0.376 e. The maximum atomic E-state index is 13.1. The SMILES string of the molecule is Cc1ccc2[nH]c(=O)c(CN(C[C@H]3CCCO3)C(=O)c3cccnc3)cc2c1. The number of fused-ring (bicyclic) bond motifs is 1. The zero-order valence-electron chi connectivity index (χ0n) is 15.9. The van der Waals surface area contributed by atoms with Crippen LogP contribution in [0.25, 0.3) is 10.9 Å². The normalized spacial score (nSPS) is 16.4. The van der Waals surface area contributed by atoms with Crippen LogP contribution in [-0.2, 0) is 11.3 Å². The molecule has 28 heavy (non-hydrogen) atoms. The quantitative estimate of drug-likeness (QED) is 0.742. The highest BCUT2D eigenvalue weighted by Crippen LogP contribution is 2.18. The first-order valence-electron chi connectivity index (χ1n) is 9.53. The van der Waals surface area contributed by atoms with Gasteiger partial charge in [0.2, 0.25) is 0 Å². The Balaban J connectivity index is 1.66. The van der Waals surface area contributed by atoms with E-state index in [0.29, 0.717) is 17.7 Å². The lowest BCUT2D eigenvalue weighted by atomic mass is 10.1. The number of hydrogen-bond acceptors (Lipinski definition) is 4. The molecule has 1 saturated heterocycles. The van der Waals surface area contributed by atoms with E-state index in [9.17, 15) is 9.59 Å². The number of amides is 1. The van der Waals surface area contributed by atoms with Crippen molar-refractivity contribution in [3.05, 3.63) is 75.8 Å². The van der Waals surface area contributed by atoms with Crippen molar-refractivity contribution in [1.82, 2.24) is 14.9 Å². The van der Waals surface area contributed by atoms with Crippen molar-refractivity contribution in [1.29, 1.82) is 0 Å². The van der Waals surface area contributed by atoms with Crippen LogP contribution in [0, 0.1) is 6.92 Å². The maximum Gasteiger partial charge on any atom is 0.255 e. The molecular formula is C22H23N3O3. The van der Waals surface area contributed by atoms with Crippen LogP contribution < -0.4 is 5.56 Å². The molecule has 6 heteroatoms. The van der Waals surface area contributed by atoms with Crippen LogP contribution in [0.1, 0.15) is 34.3 Å². The van der Waals surface area contributed by atoms with Gasteiger partial charge in [-0.25, -0.2) is 0 Å². The Morgan fingerprint density at radius 2 is 2.21 bits per heavy atom. The Morgan fingerprint density at radius 1 is 1.32 bits per heavy atom. The minimum absolute atomic E-state index is 0.00223. The topological polar surface area (TPSA) is 75.3 Å². The van der Waals surface area contributed by atoms with E-state index in [1.54, 1.807) is 29.4 Å². The average molecular weight is 377 g/mol. The van der Waals surface area contributed by atoms with E-state index in [0.717, 1.165) is 35.9 Å². The van der Waals surface area contributed by atoms with Crippen molar-refractivity contribution in [2.75, 3.05) is 13.2 Å². The van der Waals surface area contributed by atoms with Crippen molar-refractivity contribution in [3.63, 3.8) is 0 Å². The van der Waals surface area contributed by atoms with Gasteiger partial charge in [-0.3, -0.25) is 14.6 Å². The van der Waals surface area contributed by atoms with Gasteiger partial charge in [0.15, 0.2) is 0 Å². The summed E-state index contributed by atoms with van der Waals surface area (Å²) in [5.41, 5.74) is 2.81. The van der Waals surface area contributed by atoms with Crippen LogP contribution in [0.15, 0.2) is 53.6 Å². The van der Waals surface area contributed by atoms with Gasteiger partial charge >= 0.3 is 0 Å². The molecule has 3 heterocycles. The molecular weight excluding hydrogens is 354 g/mol. The van der Waals surface area contributed by atoms with Crippen molar-refractivity contribution in [2.45, 2.75) is 32.4 Å². The summed E-state index contributed by atoms with van der Waals surface area (Å²) in [6.45, 7) is 3.42. The van der Waals surface area contributed by atoms with Crippen LogP contribution in [0.2, 0.25) is 0 Å². The third-order valence-corrected chi connectivity index (χ3v) is 5.08. The third kappa shape index (κ3) is 3.97. The van der Waals surface area contributed by atoms with E-state index in [4.69, 9.17) is 4.74 Å². The van der Waals surface area contributed by atoms with Crippen molar-refractivity contribution >= 4 is 16.8 Å². The number of aryl methyl sites for hydroxylation is 1. The van der Waals surface area contributed by atoms with Gasteiger partial charge < -0.3 is 14.6 Å². The highest BCUT2D eigenvalue weighted by molar-refractivity contribution is 5.94. The van der Waals surface area contributed by atoms with E-state index >= 15 is 0 Å². The Labute approximate surface area is 163 Å². The molecule has 144 valence electrons. The van der Waals surface area contributed by atoms with Gasteiger partial charge in [0.1, 0.15) is 0 Å².